The average Bonchev–Trinajstić information content (AvgIpc) is 1.85. The molecule has 9 heavy (non-hydrogen) atoms. The van der Waals surface area contributed by atoms with Crippen molar-refractivity contribution in [2.75, 3.05) is 0 Å². The summed E-state index contributed by atoms with van der Waals surface area (Å²) in [4.78, 5) is 0. The van der Waals surface area contributed by atoms with Gasteiger partial charge in [-0.1, -0.05) is 26.7 Å². The Labute approximate surface area is 76.2 Å². The molecule has 1 aliphatic carbocycles. The molecule has 1 unspecified atom stereocenters. The van der Waals surface area contributed by atoms with E-state index in [0.717, 1.165) is 0 Å². The van der Waals surface area contributed by atoms with Crippen molar-refractivity contribution < 1.29 is 26.2 Å². The first-order valence-electron chi connectivity index (χ1n) is 2.98. The first-order valence-corrected chi connectivity index (χ1v) is 2.98. The number of allylic oxidation sites excluding steroid dienone is 4. The molecule has 1 heteroatoms. The van der Waals surface area contributed by atoms with Crippen LogP contribution in [0, 0.1) is 12.0 Å². The van der Waals surface area contributed by atoms with Crippen molar-refractivity contribution in [3.8, 4) is 0 Å². The van der Waals surface area contributed by atoms with E-state index in [-0.39, 0.29) is 26.2 Å². The smallest absolute Gasteiger partial charge is 0 e. The number of hydrogen-bond acceptors (Lipinski definition) is 0. The molecule has 0 bridgehead atoms. The molecule has 0 nitrogen and oxygen atoms in total. The van der Waals surface area contributed by atoms with Crippen LogP contribution >= 0.6 is 0 Å². The third-order valence-electron chi connectivity index (χ3n) is 1.57. The minimum absolute atomic E-state index is 0. The van der Waals surface area contributed by atoms with E-state index in [1.165, 1.54) is 11.1 Å². The quantitative estimate of drug-likeness (QED) is 0.524. The average molecular weight is 198 g/mol. The summed E-state index contributed by atoms with van der Waals surface area (Å²) in [6.45, 7) is 6.41. The van der Waals surface area contributed by atoms with Gasteiger partial charge in [0.25, 0.3) is 0 Å². The maximum absolute atomic E-state index is 3.29. The van der Waals surface area contributed by atoms with E-state index in [1.54, 1.807) is 0 Å². The van der Waals surface area contributed by atoms with Crippen molar-refractivity contribution in [3.63, 3.8) is 0 Å². The molecular weight excluding hydrogens is 187 g/mol. The summed E-state index contributed by atoms with van der Waals surface area (Å²) in [5.74, 6) is 0.565. The van der Waals surface area contributed by atoms with Gasteiger partial charge in [0.2, 0.25) is 0 Å². The first kappa shape index (κ1) is 9.36. The van der Waals surface area contributed by atoms with Crippen LogP contribution in [0.3, 0.4) is 0 Å². The number of rotatable bonds is 0. The van der Waals surface area contributed by atoms with Gasteiger partial charge >= 0.3 is 0 Å². The molecule has 0 amide bonds. The Morgan fingerprint density at radius 2 is 2.00 bits per heavy atom. The third kappa shape index (κ3) is 2.22. The van der Waals surface area contributed by atoms with Crippen molar-refractivity contribution >= 4 is 0 Å². The van der Waals surface area contributed by atoms with Crippen LogP contribution in [0.2, 0.25) is 0 Å². The molecule has 0 heterocycles. The van der Waals surface area contributed by atoms with E-state index in [9.17, 15) is 0 Å². The summed E-state index contributed by atoms with van der Waals surface area (Å²) in [5, 5.41) is 0. The molecule has 48 valence electrons. The van der Waals surface area contributed by atoms with E-state index in [4.69, 9.17) is 0 Å². The predicted octanol–water partition coefficient (Wildman–Crippen LogP) is 2.33. The van der Waals surface area contributed by atoms with Gasteiger partial charge in [-0.25, -0.2) is 11.6 Å². The second kappa shape index (κ2) is 3.51. The predicted molar refractivity (Wildman–Crippen MR) is 35.4 cm³/mol. The molecule has 0 saturated heterocycles. The monoisotopic (exact) mass is 197 g/mol. The SMILES string of the molecule is CC1=[C-]C(C)C(C)=C1.[Zr]. The first-order chi connectivity index (χ1) is 3.70. The van der Waals surface area contributed by atoms with Gasteiger partial charge in [-0.3, -0.25) is 6.08 Å². The van der Waals surface area contributed by atoms with Gasteiger partial charge in [0.05, 0.1) is 0 Å². The summed E-state index contributed by atoms with van der Waals surface area (Å²) < 4.78 is 0. The zero-order valence-electron chi connectivity index (χ0n) is 6.15. The largest absolute Gasteiger partial charge is 0.266 e. The molecule has 0 radical (unpaired) electrons. The second-order valence-electron chi connectivity index (χ2n) is 2.44. The third-order valence-corrected chi connectivity index (χ3v) is 1.57. The van der Waals surface area contributed by atoms with E-state index in [0.29, 0.717) is 5.92 Å². The van der Waals surface area contributed by atoms with Crippen LogP contribution < -0.4 is 0 Å². The summed E-state index contributed by atoms with van der Waals surface area (Å²) in [7, 11) is 0. The fourth-order valence-electron chi connectivity index (χ4n) is 0.964. The molecular formula is C8H11Zr-. The van der Waals surface area contributed by atoms with Gasteiger partial charge in [0, 0.05) is 26.2 Å². The molecule has 0 saturated carbocycles. The molecule has 0 fully saturated rings. The van der Waals surface area contributed by atoms with Crippen LogP contribution in [0.25, 0.3) is 0 Å². The van der Waals surface area contributed by atoms with Gasteiger partial charge in [0.15, 0.2) is 0 Å². The Morgan fingerprint density at radius 1 is 1.44 bits per heavy atom. The van der Waals surface area contributed by atoms with Crippen LogP contribution in [0.4, 0.5) is 0 Å². The van der Waals surface area contributed by atoms with Gasteiger partial charge in [-0.15, -0.1) is 0 Å². The van der Waals surface area contributed by atoms with Crippen LogP contribution in [0.5, 0.6) is 0 Å². The Kier molecular flexibility index (Phi) is 3.65. The van der Waals surface area contributed by atoms with Crippen LogP contribution in [-0.4, -0.2) is 0 Å². The van der Waals surface area contributed by atoms with Crippen molar-refractivity contribution in [2.24, 2.45) is 5.92 Å². The van der Waals surface area contributed by atoms with Crippen molar-refractivity contribution in [1.29, 1.82) is 0 Å². The van der Waals surface area contributed by atoms with Gasteiger partial charge in [-0.05, 0) is 0 Å². The zero-order chi connectivity index (χ0) is 6.15. The maximum Gasteiger partial charge on any atom is 0 e. The molecule has 0 spiro atoms. The van der Waals surface area contributed by atoms with Crippen LogP contribution in [0.1, 0.15) is 20.8 Å². The summed E-state index contributed by atoms with van der Waals surface area (Å²) >= 11 is 0. The Bertz CT molecular complexity index is 154. The Balaban J connectivity index is 0.000000640. The van der Waals surface area contributed by atoms with E-state index in [2.05, 4.69) is 32.9 Å². The minimum Gasteiger partial charge on any atom is -0.266 e. The molecule has 1 aliphatic rings. The standard InChI is InChI=1S/C8H11.Zr/c1-6-4-7(2)8(3)5-6;/h4,8H,1-3H3;/q-1;. The van der Waals surface area contributed by atoms with Gasteiger partial charge < -0.3 is 0 Å². The van der Waals surface area contributed by atoms with E-state index >= 15 is 0 Å². The molecule has 0 aromatic rings. The summed E-state index contributed by atoms with van der Waals surface area (Å²) in [6.07, 6.45) is 5.48. The summed E-state index contributed by atoms with van der Waals surface area (Å²) in [6, 6.07) is 0. The van der Waals surface area contributed by atoms with Crippen LogP contribution in [0.15, 0.2) is 17.2 Å². The van der Waals surface area contributed by atoms with Gasteiger partial charge in [0.1, 0.15) is 0 Å². The Hall–Kier alpha value is 0.363. The molecule has 0 N–H and O–H groups in total. The zero-order valence-corrected chi connectivity index (χ0v) is 8.61. The van der Waals surface area contributed by atoms with E-state index in [1.807, 2.05) is 0 Å². The number of hydrogen-bond donors (Lipinski definition) is 0. The normalized spacial score (nSPS) is 24.6. The topological polar surface area (TPSA) is 0 Å². The minimum atomic E-state index is 0. The Morgan fingerprint density at radius 3 is 2.11 bits per heavy atom. The van der Waals surface area contributed by atoms with Crippen molar-refractivity contribution in [2.45, 2.75) is 20.8 Å². The van der Waals surface area contributed by atoms with Gasteiger partial charge in [-0.2, -0.15) is 5.57 Å². The van der Waals surface area contributed by atoms with E-state index < -0.39 is 0 Å². The van der Waals surface area contributed by atoms with Crippen molar-refractivity contribution in [3.05, 3.63) is 23.3 Å². The molecule has 0 aromatic heterocycles. The molecule has 1 rings (SSSR count). The molecule has 0 aliphatic heterocycles. The molecule has 1 atom stereocenters. The van der Waals surface area contributed by atoms with Crippen molar-refractivity contribution in [1.82, 2.24) is 0 Å². The fourth-order valence-corrected chi connectivity index (χ4v) is 0.964. The second-order valence-corrected chi connectivity index (χ2v) is 2.44. The summed E-state index contributed by atoms with van der Waals surface area (Å²) in [5.41, 5.74) is 2.72. The maximum atomic E-state index is 3.29. The molecule has 0 aromatic carbocycles. The fraction of sp³-hybridized carbons (Fsp3) is 0.500. The van der Waals surface area contributed by atoms with Crippen LogP contribution in [-0.2, 0) is 26.2 Å².